The lowest BCUT2D eigenvalue weighted by molar-refractivity contribution is -0.384. The Balaban J connectivity index is 1.64. The van der Waals surface area contributed by atoms with Gasteiger partial charge in [0, 0.05) is 39.8 Å². The van der Waals surface area contributed by atoms with Gasteiger partial charge in [0.25, 0.3) is 17.5 Å². The third kappa shape index (κ3) is 3.20. The number of hydrogen-bond donors (Lipinski definition) is 0. The van der Waals surface area contributed by atoms with Crippen molar-refractivity contribution in [3.05, 3.63) is 111 Å². The number of ketones is 1. The molecule has 1 aliphatic heterocycles. The Kier molecular flexibility index (Phi) is 4.90. The fourth-order valence-corrected chi connectivity index (χ4v) is 4.18. The zero-order valence-electron chi connectivity index (χ0n) is 17.8. The van der Waals surface area contributed by atoms with Crippen LogP contribution in [0.25, 0.3) is 10.8 Å². The molecule has 0 saturated carbocycles. The number of imide groups is 1. The largest absolute Gasteiger partial charge is 0.497 e. The van der Waals surface area contributed by atoms with Gasteiger partial charge in [0.2, 0.25) is 0 Å². The normalized spacial score (nSPS) is 12.7. The lowest BCUT2D eigenvalue weighted by Crippen LogP contribution is -2.40. The van der Waals surface area contributed by atoms with E-state index in [4.69, 9.17) is 4.74 Å². The summed E-state index contributed by atoms with van der Waals surface area (Å²) >= 11 is 0. The number of non-ortho nitro benzene ring substituents is 1. The van der Waals surface area contributed by atoms with Gasteiger partial charge in [-0.2, -0.15) is 0 Å². The number of nitro benzene ring substituents is 1. The molecular weight excluding hydrogens is 436 g/mol. The van der Waals surface area contributed by atoms with Crippen molar-refractivity contribution in [2.24, 2.45) is 0 Å². The summed E-state index contributed by atoms with van der Waals surface area (Å²) in [5.74, 6) is -0.862. The zero-order chi connectivity index (χ0) is 24.0. The Morgan fingerprint density at radius 1 is 0.882 bits per heavy atom. The molecule has 5 rings (SSSR count). The second-order valence-corrected chi connectivity index (χ2v) is 7.67. The number of nitro groups is 1. The van der Waals surface area contributed by atoms with E-state index < -0.39 is 22.5 Å². The Morgan fingerprint density at radius 2 is 1.56 bits per heavy atom. The first-order valence-electron chi connectivity index (χ1n) is 10.3. The van der Waals surface area contributed by atoms with Crippen LogP contribution in [0.3, 0.4) is 0 Å². The van der Waals surface area contributed by atoms with Gasteiger partial charge >= 0.3 is 0 Å². The molecule has 34 heavy (non-hydrogen) atoms. The molecule has 0 spiro atoms. The molecule has 1 aliphatic rings. The van der Waals surface area contributed by atoms with Crippen molar-refractivity contribution in [2.45, 2.75) is 0 Å². The maximum atomic E-state index is 13.4. The van der Waals surface area contributed by atoms with E-state index in [0.717, 1.165) is 4.90 Å². The van der Waals surface area contributed by atoms with Crippen LogP contribution < -0.4 is 9.64 Å². The quantitative estimate of drug-likeness (QED) is 0.187. The number of carbonyl (C=O) groups excluding carboxylic acids is 3. The van der Waals surface area contributed by atoms with Gasteiger partial charge in [-0.1, -0.05) is 24.3 Å². The summed E-state index contributed by atoms with van der Waals surface area (Å²) < 4.78 is 5.15. The maximum Gasteiger partial charge on any atom is 0.270 e. The lowest BCUT2D eigenvalue weighted by atomic mass is 9.88. The van der Waals surface area contributed by atoms with Crippen LogP contribution in [-0.4, -0.2) is 29.6 Å². The van der Waals surface area contributed by atoms with Gasteiger partial charge in [-0.15, -0.1) is 0 Å². The topological polar surface area (TPSA) is 107 Å². The minimum atomic E-state index is -0.570. The van der Waals surface area contributed by atoms with Gasteiger partial charge in [0.1, 0.15) is 5.75 Å². The first kappa shape index (κ1) is 21.0. The molecule has 8 heteroatoms. The number of rotatable bonds is 5. The van der Waals surface area contributed by atoms with E-state index in [-0.39, 0.29) is 27.9 Å². The summed E-state index contributed by atoms with van der Waals surface area (Å²) in [7, 11) is 1.52. The second-order valence-electron chi connectivity index (χ2n) is 7.67. The highest BCUT2D eigenvalue weighted by atomic mass is 16.6. The molecule has 0 unspecified atom stereocenters. The number of methoxy groups -OCH3 is 1. The van der Waals surface area contributed by atoms with Crippen LogP contribution in [0.5, 0.6) is 5.75 Å². The van der Waals surface area contributed by atoms with E-state index >= 15 is 0 Å². The molecule has 2 amide bonds. The minimum Gasteiger partial charge on any atom is -0.497 e. The van der Waals surface area contributed by atoms with Crippen LogP contribution in [0.1, 0.15) is 36.6 Å². The molecule has 4 aromatic rings. The van der Waals surface area contributed by atoms with Crippen LogP contribution in [0, 0.1) is 10.1 Å². The van der Waals surface area contributed by atoms with E-state index in [1.54, 1.807) is 42.5 Å². The third-order valence-electron chi connectivity index (χ3n) is 5.80. The summed E-state index contributed by atoms with van der Waals surface area (Å²) in [5, 5.41) is 11.9. The first-order chi connectivity index (χ1) is 16.4. The van der Waals surface area contributed by atoms with Gasteiger partial charge in [-0.05, 0) is 47.9 Å². The standard InChI is InChI=1S/C26H16N2O6/c1-34-18-10-8-16(9-11-18)27-25(30)21-7-3-6-19-20(12-13-22(23(19)21)26(27)31)24(29)15-4-2-5-17(14-15)28(32)33/h2-14H,1H3. The van der Waals surface area contributed by atoms with E-state index in [9.17, 15) is 24.5 Å². The average Bonchev–Trinajstić information content (AvgIpc) is 2.87. The van der Waals surface area contributed by atoms with Crippen LogP contribution in [0.4, 0.5) is 11.4 Å². The lowest BCUT2D eigenvalue weighted by Gasteiger charge is -2.27. The predicted molar refractivity (Wildman–Crippen MR) is 125 cm³/mol. The molecule has 0 aliphatic carbocycles. The van der Waals surface area contributed by atoms with E-state index in [1.165, 1.54) is 43.5 Å². The molecule has 0 radical (unpaired) electrons. The smallest absolute Gasteiger partial charge is 0.270 e. The van der Waals surface area contributed by atoms with Crippen molar-refractivity contribution < 1.29 is 24.0 Å². The van der Waals surface area contributed by atoms with Crippen molar-refractivity contribution >= 4 is 39.7 Å². The third-order valence-corrected chi connectivity index (χ3v) is 5.80. The fourth-order valence-electron chi connectivity index (χ4n) is 4.18. The molecule has 4 aromatic carbocycles. The van der Waals surface area contributed by atoms with Crippen molar-refractivity contribution in [1.29, 1.82) is 0 Å². The summed E-state index contributed by atoms with van der Waals surface area (Å²) in [4.78, 5) is 51.6. The highest BCUT2D eigenvalue weighted by molar-refractivity contribution is 6.37. The van der Waals surface area contributed by atoms with Crippen molar-refractivity contribution in [2.75, 3.05) is 12.0 Å². The molecule has 0 fully saturated rings. The maximum absolute atomic E-state index is 13.4. The molecule has 8 nitrogen and oxygen atoms in total. The molecule has 0 saturated heterocycles. The Labute approximate surface area is 193 Å². The fraction of sp³-hybridized carbons (Fsp3) is 0.0385. The number of benzene rings is 4. The van der Waals surface area contributed by atoms with Gasteiger partial charge in [-0.25, -0.2) is 4.90 Å². The van der Waals surface area contributed by atoms with Crippen molar-refractivity contribution in [3.63, 3.8) is 0 Å². The number of nitrogens with zero attached hydrogens (tertiary/aromatic N) is 2. The van der Waals surface area contributed by atoms with Gasteiger partial charge in [0.05, 0.1) is 17.7 Å². The number of hydrogen-bond acceptors (Lipinski definition) is 6. The summed E-state index contributed by atoms with van der Waals surface area (Å²) in [5.41, 5.74) is 1.17. The highest BCUT2D eigenvalue weighted by Crippen LogP contribution is 2.35. The zero-order valence-corrected chi connectivity index (χ0v) is 17.8. The second kappa shape index (κ2) is 7.93. The van der Waals surface area contributed by atoms with E-state index in [1.807, 2.05) is 0 Å². The van der Waals surface area contributed by atoms with Crippen molar-refractivity contribution in [3.8, 4) is 5.75 Å². The molecule has 0 atom stereocenters. The number of amides is 2. The monoisotopic (exact) mass is 452 g/mol. The van der Waals surface area contributed by atoms with Crippen LogP contribution in [-0.2, 0) is 0 Å². The van der Waals surface area contributed by atoms with Crippen LogP contribution in [0.15, 0.2) is 78.9 Å². The predicted octanol–water partition coefficient (Wildman–Crippen LogP) is 4.79. The molecule has 0 bridgehead atoms. The molecule has 0 aromatic heterocycles. The first-order valence-corrected chi connectivity index (χ1v) is 10.3. The Hall–Kier alpha value is -4.85. The van der Waals surface area contributed by atoms with Gasteiger partial charge < -0.3 is 4.74 Å². The number of ether oxygens (including phenoxy) is 1. The number of carbonyl (C=O) groups is 3. The molecule has 0 N–H and O–H groups in total. The van der Waals surface area contributed by atoms with E-state index in [0.29, 0.717) is 22.2 Å². The van der Waals surface area contributed by atoms with Crippen molar-refractivity contribution in [1.82, 2.24) is 0 Å². The minimum absolute atomic E-state index is 0.142. The highest BCUT2D eigenvalue weighted by Gasteiger charge is 2.35. The van der Waals surface area contributed by atoms with Gasteiger partial charge in [0.15, 0.2) is 5.78 Å². The van der Waals surface area contributed by atoms with Crippen LogP contribution >= 0.6 is 0 Å². The van der Waals surface area contributed by atoms with E-state index in [2.05, 4.69) is 0 Å². The average molecular weight is 452 g/mol. The molecule has 166 valence electrons. The van der Waals surface area contributed by atoms with Gasteiger partial charge in [-0.3, -0.25) is 24.5 Å². The summed E-state index contributed by atoms with van der Waals surface area (Å²) in [6, 6.07) is 20.0. The Morgan fingerprint density at radius 3 is 2.24 bits per heavy atom. The molecule has 1 heterocycles. The summed E-state index contributed by atoms with van der Waals surface area (Å²) in [6.07, 6.45) is 0. The van der Waals surface area contributed by atoms with Crippen LogP contribution in [0.2, 0.25) is 0 Å². The number of anilines is 1. The Bertz CT molecular complexity index is 1500. The SMILES string of the molecule is COc1ccc(N2C(=O)c3cccc4c(C(=O)c5cccc([N+](=O)[O-])c5)ccc(c34)C2=O)cc1. The summed E-state index contributed by atoms with van der Waals surface area (Å²) in [6.45, 7) is 0. The molecular formula is C26H16N2O6.